The highest BCUT2D eigenvalue weighted by Gasteiger charge is 2.33. The number of ether oxygens (including phenoxy) is 2. The van der Waals surface area contributed by atoms with E-state index < -0.39 is 62.4 Å². The summed E-state index contributed by atoms with van der Waals surface area (Å²) in [4.78, 5) is 16.8. The summed E-state index contributed by atoms with van der Waals surface area (Å²) in [7, 11) is -3.70. The van der Waals surface area contributed by atoms with Crippen LogP contribution < -0.4 is 4.31 Å². The lowest BCUT2D eigenvalue weighted by molar-refractivity contribution is 0.0184. The molecule has 0 aliphatic carbocycles. The predicted molar refractivity (Wildman–Crippen MR) is 165 cm³/mol. The lowest BCUT2D eigenvalue weighted by Crippen LogP contribution is -2.42. The number of methoxy groups -OCH3 is 1. The highest BCUT2D eigenvalue weighted by molar-refractivity contribution is 7.92. The summed E-state index contributed by atoms with van der Waals surface area (Å²) >= 11 is 0. The lowest BCUT2D eigenvalue weighted by Gasteiger charge is -2.33. The number of sulfonamides is 1. The lowest BCUT2D eigenvalue weighted by atomic mass is 10.0. The Kier molecular flexibility index (Phi) is 9.59. The van der Waals surface area contributed by atoms with Gasteiger partial charge in [-0.3, -0.25) is 4.68 Å². The second-order valence-corrected chi connectivity index (χ2v) is 13.8. The van der Waals surface area contributed by atoms with E-state index in [1.54, 1.807) is 36.5 Å². The molecule has 0 saturated carbocycles. The van der Waals surface area contributed by atoms with Crippen LogP contribution in [0.3, 0.4) is 0 Å². The van der Waals surface area contributed by atoms with Crippen molar-refractivity contribution in [1.29, 1.82) is 0 Å². The zero-order valence-corrected chi connectivity index (χ0v) is 26.9. The Balaban J connectivity index is 1.56. The number of halogens is 4. The van der Waals surface area contributed by atoms with E-state index in [1.807, 2.05) is 0 Å². The van der Waals surface area contributed by atoms with Gasteiger partial charge >= 0.3 is 6.09 Å². The van der Waals surface area contributed by atoms with Gasteiger partial charge in [0, 0.05) is 49.8 Å². The molecule has 0 spiro atoms. The Morgan fingerprint density at radius 2 is 1.74 bits per heavy atom. The number of piperidine rings is 1. The van der Waals surface area contributed by atoms with Crippen LogP contribution in [0.15, 0.2) is 65.8 Å². The topological polar surface area (TPSA) is 107 Å². The third kappa shape index (κ3) is 7.25. The summed E-state index contributed by atoms with van der Waals surface area (Å²) in [6.45, 7) is 5.36. The zero-order valence-electron chi connectivity index (χ0n) is 26.1. The van der Waals surface area contributed by atoms with Crippen LogP contribution in [0, 0.1) is 23.4 Å². The number of aromatic nitrogens is 3. The normalized spacial score (nSPS) is 14.3. The predicted octanol–water partition coefficient (Wildman–Crippen LogP) is 6.54. The summed E-state index contributed by atoms with van der Waals surface area (Å²) in [6, 6.07) is 8.29. The van der Waals surface area contributed by atoms with E-state index in [4.69, 9.17) is 9.47 Å². The minimum Gasteiger partial charge on any atom is -0.444 e. The van der Waals surface area contributed by atoms with Gasteiger partial charge in [-0.05, 0) is 75.6 Å². The Labute approximate surface area is 269 Å². The number of benzene rings is 2. The molecule has 0 bridgehead atoms. The number of nitrogens with zero attached hydrogens (tertiary/aromatic N) is 5. The molecule has 15 heteroatoms. The molecule has 1 fully saturated rings. The molecule has 1 aliphatic rings. The maximum atomic E-state index is 16.5. The Morgan fingerprint density at radius 1 is 1.02 bits per heavy atom. The van der Waals surface area contributed by atoms with Gasteiger partial charge in [0.2, 0.25) is 5.95 Å². The molecule has 0 atom stereocenters. The van der Waals surface area contributed by atoms with Crippen molar-refractivity contribution >= 4 is 21.8 Å². The summed E-state index contributed by atoms with van der Waals surface area (Å²) < 4.78 is 99.1. The number of rotatable bonds is 8. The van der Waals surface area contributed by atoms with Gasteiger partial charge in [0.05, 0.1) is 11.7 Å². The van der Waals surface area contributed by atoms with Crippen LogP contribution in [0.4, 0.5) is 28.0 Å². The monoisotopic (exact) mass is 675 g/mol. The van der Waals surface area contributed by atoms with E-state index in [0.29, 0.717) is 53.5 Å². The van der Waals surface area contributed by atoms with E-state index in [2.05, 4.69) is 10.1 Å². The molecule has 2 aromatic heterocycles. The van der Waals surface area contributed by atoms with Crippen LogP contribution in [0.1, 0.15) is 39.7 Å². The van der Waals surface area contributed by atoms with Crippen molar-refractivity contribution in [3.8, 4) is 22.4 Å². The van der Waals surface area contributed by atoms with E-state index in [1.165, 1.54) is 24.4 Å². The molecule has 250 valence electrons. The largest absolute Gasteiger partial charge is 0.444 e. The molecule has 10 nitrogen and oxygen atoms in total. The number of carbonyl (C=O) groups is 1. The van der Waals surface area contributed by atoms with Crippen molar-refractivity contribution in [1.82, 2.24) is 19.7 Å². The van der Waals surface area contributed by atoms with Gasteiger partial charge in [-0.1, -0.05) is 6.07 Å². The minimum atomic E-state index is -4.87. The SMILES string of the molecule is COCN(c1cccc(-c2nn(C3CCN(C(=O)OC(C)(C)C)CC3)cc2-c2ccnc(F)c2)c1F)S(=O)(=O)c1cc(F)ccc1F. The van der Waals surface area contributed by atoms with Crippen molar-refractivity contribution < 1.29 is 40.2 Å². The number of pyridine rings is 1. The smallest absolute Gasteiger partial charge is 0.410 e. The molecule has 2 aromatic carbocycles. The molecule has 47 heavy (non-hydrogen) atoms. The van der Waals surface area contributed by atoms with Gasteiger partial charge in [-0.25, -0.2) is 35.7 Å². The maximum absolute atomic E-state index is 16.5. The van der Waals surface area contributed by atoms with Gasteiger partial charge < -0.3 is 14.4 Å². The number of likely N-dealkylation sites (tertiary alicyclic amines) is 1. The van der Waals surface area contributed by atoms with Crippen LogP contribution in [-0.2, 0) is 19.5 Å². The molecule has 1 saturated heterocycles. The second-order valence-electron chi connectivity index (χ2n) is 11.9. The Bertz CT molecular complexity index is 1890. The molecule has 0 unspecified atom stereocenters. The van der Waals surface area contributed by atoms with Crippen LogP contribution in [0.5, 0.6) is 0 Å². The van der Waals surface area contributed by atoms with Crippen molar-refractivity contribution in [2.75, 3.05) is 31.2 Å². The first-order valence-electron chi connectivity index (χ1n) is 14.6. The molecule has 0 N–H and O–H groups in total. The summed E-state index contributed by atoms with van der Waals surface area (Å²) in [6.07, 6.45) is 3.43. The van der Waals surface area contributed by atoms with Gasteiger partial charge in [0.1, 0.15) is 34.6 Å². The first kappa shape index (κ1) is 33.9. The molecular weight excluding hydrogens is 642 g/mol. The standard InChI is InChI=1S/C32H33F4N5O5S/c1-32(2,3)46-31(42)39-14-11-22(12-15-39)40-18-24(20-10-13-37-28(35)16-20)30(38-40)23-6-5-7-26(29(23)36)41(19-45-4)47(43,44)27-17-21(33)8-9-25(27)34/h5-10,13,16-18,22H,11-12,14-15,19H2,1-4H3. The van der Waals surface area contributed by atoms with Crippen LogP contribution in [0.25, 0.3) is 22.4 Å². The first-order chi connectivity index (χ1) is 22.2. The van der Waals surface area contributed by atoms with Gasteiger partial charge in [0.15, 0.2) is 5.82 Å². The van der Waals surface area contributed by atoms with E-state index in [9.17, 15) is 26.4 Å². The highest BCUT2D eigenvalue weighted by atomic mass is 32.2. The van der Waals surface area contributed by atoms with Gasteiger partial charge in [-0.2, -0.15) is 9.49 Å². The van der Waals surface area contributed by atoms with Crippen LogP contribution in [0.2, 0.25) is 0 Å². The van der Waals surface area contributed by atoms with Crippen molar-refractivity contribution in [3.05, 3.63) is 84.3 Å². The quantitative estimate of drug-likeness (QED) is 0.119. The Morgan fingerprint density at radius 3 is 2.40 bits per heavy atom. The molecule has 4 aromatic rings. The number of amides is 1. The average molecular weight is 676 g/mol. The van der Waals surface area contributed by atoms with Crippen molar-refractivity contribution in [2.24, 2.45) is 0 Å². The molecule has 5 rings (SSSR count). The van der Waals surface area contributed by atoms with Crippen molar-refractivity contribution in [2.45, 2.75) is 50.2 Å². The molecule has 0 radical (unpaired) electrons. The summed E-state index contributed by atoms with van der Waals surface area (Å²) in [5.74, 6) is -4.07. The number of hydrogen-bond acceptors (Lipinski definition) is 7. The molecular formula is C32H33F4N5O5S. The number of anilines is 1. The maximum Gasteiger partial charge on any atom is 0.410 e. The van der Waals surface area contributed by atoms with E-state index >= 15 is 4.39 Å². The first-order valence-corrected chi connectivity index (χ1v) is 16.1. The van der Waals surface area contributed by atoms with E-state index in [-0.39, 0.29) is 17.3 Å². The fourth-order valence-corrected chi connectivity index (χ4v) is 6.73. The fourth-order valence-electron chi connectivity index (χ4n) is 5.27. The summed E-state index contributed by atoms with van der Waals surface area (Å²) in [5, 5.41) is 4.68. The number of hydrogen-bond donors (Lipinski definition) is 0. The third-order valence-corrected chi connectivity index (χ3v) is 9.22. The van der Waals surface area contributed by atoms with Gasteiger partial charge in [0.25, 0.3) is 10.0 Å². The minimum absolute atomic E-state index is 0.0659. The molecule has 1 amide bonds. The third-order valence-electron chi connectivity index (χ3n) is 7.47. The fraction of sp³-hybridized carbons (Fsp3) is 0.344. The second kappa shape index (κ2) is 13.3. The molecule has 3 heterocycles. The van der Waals surface area contributed by atoms with Crippen molar-refractivity contribution in [3.63, 3.8) is 0 Å². The molecule has 1 aliphatic heterocycles. The zero-order chi connectivity index (χ0) is 34.1. The van der Waals surface area contributed by atoms with E-state index in [0.717, 1.165) is 25.3 Å². The Hall–Kier alpha value is -4.50. The number of carbonyl (C=O) groups excluding carboxylic acids is 1. The average Bonchev–Trinajstić information content (AvgIpc) is 3.46. The van der Waals surface area contributed by atoms with Gasteiger partial charge in [-0.15, -0.1) is 0 Å². The van der Waals surface area contributed by atoms with Crippen LogP contribution in [-0.4, -0.2) is 66.7 Å². The summed E-state index contributed by atoms with van der Waals surface area (Å²) in [5.41, 5.74) is -0.582. The highest BCUT2D eigenvalue weighted by Crippen LogP contribution is 2.39. The van der Waals surface area contributed by atoms with Crippen LogP contribution >= 0.6 is 0 Å².